The van der Waals surface area contributed by atoms with E-state index in [1.807, 2.05) is 92.7 Å². The lowest BCUT2D eigenvalue weighted by Gasteiger charge is -2.31. The van der Waals surface area contributed by atoms with E-state index in [1.165, 1.54) is 0 Å². The normalized spacial score (nSPS) is 11.4. The molecule has 0 unspecified atom stereocenters. The minimum Gasteiger partial charge on any atom is -0.497 e. The standard InChI is InChI=1S/C28H32N2O4/c1-4-29-28(32)25(18-22-12-6-5-7-13-22)30(19-23-14-10-15-24(17-23)33-3)27(31)20-34-26-16-9-8-11-21(26)2/h5-17,25H,4,18-20H2,1-3H3,(H,29,32)/t25-/m0/s1. The number of hydrogen-bond donors (Lipinski definition) is 1. The Balaban J connectivity index is 1.91. The molecule has 3 rings (SSSR count). The van der Waals surface area contributed by atoms with Crippen molar-refractivity contribution in [1.29, 1.82) is 0 Å². The highest BCUT2D eigenvalue weighted by atomic mass is 16.5. The molecule has 3 aromatic rings. The highest BCUT2D eigenvalue weighted by molar-refractivity contribution is 5.88. The first-order chi connectivity index (χ1) is 16.5. The van der Waals surface area contributed by atoms with Gasteiger partial charge >= 0.3 is 0 Å². The monoisotopic (exact) mass is 460 g/mol. The molecule has 6 heteroatoms. The van der Waals surface area contributed by atoms with E-state index in [-0.39, 0.29) is 25.0 Å². The number of amides is 2. The lowest BCUT2D eigenvalue weighted by atomic mass is 10.0. The molecule has 0 aliphatic rings. The van der Waals surface area contributed by atoms with Gasteiger partial charge in [0.05, 0.1) is 7.11 Å². The van der Waals surface area contributed by atoms with Crippen LogP contribution in [0.4, 0.5) is 0 Å². The number of methoxy groups -OCH3 is 1. The molecule has 6 nitrogen and oxygen atoms in total. The average molecular weight is 461 g/mol. The molecule has 1 N–H and O–H groups in total. The molecule has 0 aliphatic heterocycles. The zero-order chi connectivity index (χ0) is 24.3. The fourth-order valence-electron chi connectivity index (χ4n) is 3.75. The number of aryl methyl sites for hydroxylation is 1. The van der Waals surface area contributed by atoms with Gasteiger partial charge in [0.1, 0.15) is 17.5 Å². The van der Waals surface area contributed by atoms with E-state index < -0.39 is 6.04 Å². The number of carbonyl (C=O) groups excluding carboxylic acids is 2. The van der Waals surface area contributed by atoms with Gasteiger partial charge < -0.3 is 19.7 Å². The molecule has 0 aliphatic carbocycles. The van der Waals surface area contributed by atoms with E-state index in [2.05, 4.69) is 5.32 Å². The van der Waals surface area contributed by atoms with Gasteiger partial charge in [-0.3, -0.25) is 9.59 Å². The van der Waals surface area contributed by atoms with Crippen LogP contribution in [0, 0.1) is 6.92 Å². The summed E-state index contributed by atoms with van der Waals surface area (Å²) in [5.41, 5.74) is 2.78. The molecule has 0 saturated heterocycles. The van der Waals surface area contributed by atoms with Crippen LogP contribution in [0.5, 0.6) is 11.5 Å². The Morgan fingerprint density at radius 1 is 0.941 bits per heavy atom. The molecule has 0 saturated carbocycles. The van der Waals surface area contributed by atoms with Crippen molar-refractivity contribution in [2.75, 3.05) is 20.3 Å². The zero-order valence-corrected chi connectivity index (χ0v) is 20.0. The molecule has 0 radical (unpaired) electrons. The van der Waals surface area contributed by atoms with E-state index in [4.69, 9.17) is 9.47 Å². The van der Waals surface area contributed by atoms with Gasteiger partial charge in [0.25, 0.3) is 5.91 Å². The van der Waals surface area contributed by atoms with E-state index >= 15 is 0 Å². The minimum atomic E-state index is -0.693. The maximum atomic E-state index is 13.5. The number of nitrogens with one attached hydrogen (secondary N) is 1. The molecular formula is C28H32N2O4. The molecular weight excluding hydrogens is 428 g/mol. The number of carbonyl (C=O) groups is 2. The minimum absolute atomic E-state index is 0.167. The Hall–Kier alpha value is -3.80. The van der Waals surface area contributed by atoms with Crippen LogP contribution >= 0.6 is 0 Å². The predicted molar refractivity (Wildman–Crippen MR) is 133 cm³/mol. The molecule has 34 heavy (non-hydrogen) atoms. The Kier molecular flexibility index (Phi) is 9.09. The van der Waals surface area contributed by atoms with Crippen molar-refractivity contribution in [3.8, 4) is 11.5 Å². The second-order valence-electron chi connectivity index (χ2n) is 8.03. The number of ether oxygens (including phenoxy) is 2. The van der Waals surface area contributed by atoms with Crippen LogP contribution in [-0.4, -0.2) is 43.0 Å². The molecule has 0 aromatic heterocycles. The maximum Gasteiger partial charge on any atom is 0.261 e. The smallest absolute Gasteiger partial charge is 0.261 e. The summed E-state index contributed by atoms with van der Waals surface area (Å²) in [6, 6.07) is 24.1. The SMILES string of the molecule is CCNC(=O)[C@H](Cc1ccccc1)N(Cc1cccc(OC)c1)C(=O)COc1ccccc1C. The number of para-hydroxylation sites is 1. The highest BCUT2D eigenvalue weighted by Crippen LogP contribution is 2.20. The van der Waals surface area contributed by atoms with Gasteiger partial charge in [0.15, 0.2) is 6.61 Å². The summed E-state index contributed by atoms with van der Waals surface area (Å²) in [5, 5.41) is 2.89. The molecule has 1 atom stereocenters. The topological polar surface area (TPSA) is 67.9 Å². The van der Waals surface area contributed by atoms with Crippen molar-refractivity contribution in [2.45, 2.75) is 32.9 Å². The van der Waals surface area contributed by atoms with E-state index in [1.54, 1.807) is 12.0 Å². The van der Waals surface area contributed by atoms with Gasteiger partial charge in [-0.2, -0.15) is 0 Å². The highest BCUT2D eigenvalue weighted by Gasteiger charge is 2.30. The summed E-state index contributed by atoms with van der Waals surface area (Å²) >= 11 is 0. The van der Waals surface area contributed by atoms with E-state index in [0.29, 0.717) is 24.5 Å². The van der Waals surface area contributed by atoms with E-state index in [0.717, 1.165) is 16.7 Å². The number of rotatable bonds is 11. The van der Waals surface area contributed by atoms with Crippen LogP contribution in [0.15, 0.2) is 78.9 Å². The molecule has 178 valence electrons. The van der Waals surface area contributed by atoms with Crippen molar-refractivity contribution in [2.24, 2.45) is 0 Å². The number of hydrogen-bond acceptors (Lipinski definition) is 4. The summed E-state index contributed by atoms with van der Waals surface area (Å²) in [4.78, 5) is 28.3. The fraction of sp³-hybridized carbons (Fsp3) is 0.286. The Morgan fingerprint density at radius 2 is 1.65 bits per heavy atom. The van der Waals surface area contributed by atoms with Crippen LogP contribution in [-0.2, 0) is 22.6 Å². The van der Waals surface area contributed by atoms with Gasteiger partial charge in [0, 0.05) is 19.5 Å². The Bertz CT molecular complexity index is 1080. The van der Waals surface area contributed by atoms with Gasteiger partial charge in [-0.15, -0.1) is 0 Å². The number of likely N-dealkylation sites (N-methyl/N-ethyl adjacent to an activating group) is 1. The lowest BCUT2D eigenvalue weighted by molar-refractivity contribution is -0.142. The van der Waals surface area contributed by atoms with Crippen molar-refractivity contribution in [3.05, 3.63) is 95.6 Å². The van der Waals surface area contributed by atoms with Crippen LogP contribution in [0.25, 0.3) is 0 Å². The lowest BCUT2D eigenvalue weighted by Crippen LogP contribution is -2.51. The van der Waals surface area contributed by atoms with Crippen molar-refractivity contribution < 1.29 is 19.1 Å². The zero-order valence-electron chi connectivity index (χ0n) is 20.0. The van der Waals surface area contributed by atoms with Crippen molar-refractivity contribution >= 4 is 11.8 Å². The molecule has 3 aromatic carbocycles. The van der Waals surface area contributed by atoms with Gasteiger partial charge in [-0.05, 0) is 48.7 Å². The average Bonchev–Trinajstić information content (AvgIpc) is 2.86. The predicted octanol–water partition coefficient (Wildman–Crippen LogP) is 4.16. The number of nitrogens with zero attached hydrogens (tertiary/aromatic N) is 1. The molecule has 0 fully saturated rings. The summed E-state index contributed by atoms with van der Waals surface area (Å²) in [5.74, 6) is 0.880. The second-order valence-corrected chi connectivity index (χ2v) is 8.03. The summed E-state index contributed by atoms with van der Waals surface area (Å²) in [6.07, 6.45) is 0.396. The first-order valence-electron chi connectivity index (χ1n) is 11.4. The summed E-state index contributed by atoms with van der Waals surface area (Å²) in [7, 11) is 1.60. The quantitative estimate of drug-likeness (QED) is 0.467. The first kappa shape index (κ1) is 24.8. The van der Waals surface area contributed by atoms with Gasteiger partial charge in [-0.1, -0.05) is 60.7 Å². The Labute approximate surface area is 201 Å². The maximum absolute atomic E-state index is 13.5. The fourth-order valence-corrected chi connectivity index (χ4v) is 3.75. The van der Waals surface area contributed by atoms with Crippen LogP contribution in [0.2, 0.25) is 0 Å². The van der Waals surface area contributed by atoms with Crippen molar-refractivity contribution in [3.63, 3.8) is 0 Å². The third-order valence-corrected chi connectivity index (χ3v) is 5.55. The third kappa shape index (κ3) is 6.85. The first-order valence-corrected chi connectivity index (χ1v) is 11.4. The van der Waals surface area contributed by atoms with Gasteiger partial charge in [-0.25, -0.2) is 0 Å². The molecule has 0 spiro atoms. The van der Waals surface area contributed by atoms with Gasteiger partial charge in [0.2, 0.25) is 5.91 Å². The molecule has 2 amide bonds. The van der Waals surface area contributed by atoms with Crippen molar-refractivity contribution in [1.82, 2.24) is 10.2 Å². The molecule has 0 heterocycles. The van der Waals surface area contributed by atoms with Crippen LogP contribution in [0.3, 0.4) is 0 Å². The van der Waals surface area contributed by atoms with Crippen LogP contribution < -0.4 is 14.8 Å². The number of benzene rings is 3. The summed E-state index contributed by atoms with van der Waals surface area (Å²) in [6.45, 7) is 4.36. The molecule has 0 bridgehead atoms. The summed E-state index contributed by atoms with van der Waals surface area (Å²) < 4.78 is 11.2. The Morgan fingerprint density at radius 3 is 2.35 bits per heavy atom. The van der Waals surface area contributed by atoms with E-state index in [9.17, 15) is 9.59 Å². The third-order valence-electron chi connectivity index (χ3n) is 5.55. The van der Waals surface area contributed by atoms with Crippen LogP contribution in [0.1, 0.15) is 23.6 Å². The largest absolute Gasteiger partial charge is 0.497 e. The second kappa shape index (κ2) is 12.4.